The smallest absolute Gasteiger partial charge is 0.335 e. The van der Waals surface area contributed by atoms with E-state index in [1.54, 1.807) is 25.3 Å². The fraction of sp³-hybridized carbons (Fsp3) is 0.0556. The SMILES string of the molecule is COc1ccc(/C=C2\SC(=S)N(c3cccc(C(=O)O)c3)C2=O)cc1. The van der Waals surface area contributed by atoms with E-state index in [9.17, 15) is 9.59 Å². The first kappa shape index (κ1) is 17.2. The lowest BCUT2D eigenvalue weighted by Crippen LogP contribution is -2.27. The van der Waals surface area contributed by atoms with Crippen LogP contribution in [0.2, 0.25) is 0 Å². The monoisotopic (exact) mass is 371 g/mol. The van der Waals surface area contributed by atoms with Crippen molar-refractivity contribution < 1.29 is 19.4 Å². The van der Waals surface area contributed by atoms with Gasteiger partial charge in [-0.1, -0.05) is 42.2 Å². The summed E-state index contributed by atoms with van der Waals surface area (Å²) in [4.78, 5) is 25.7. The van der Waals surface area contributed by atoms with Crippen molar-refractivity contribution >= 4 is 51.9 Å². The number of hydrogen-bond donors (Lipinski definition) is 1. The number of hydrogen-bond acceptors (Lipinski definition) is 5. The minimum Gasteiger partial charge on any atom is -0.497 e. The molecule has 1 heterocycles. The first-order chi connectivity index (χ1) is 12.0. The Labute approximate surface area is 153 Å². The van der Waals surface area contributed by atoms with Crippen LogP contribution in [0.1, 0.15) is 15.9 Å². The molecule has 1 fully saturated rings. The van der Waals surface area contributed by atoms with Gasteiger partial charge in [0.2, 0.25) is 0 Å². The lowest BCUT2D eigenvalue weighted by Gasteiger charge is -2.14. The molecule has 1 N–H and O–H groups in total. The maximum Gasteiger partial charge on any atom is 0.335 e. The number of benzene rings is 2. The molecule has 7 heteroatoms. The van der Waals surface area contributed by atoms with Crippen molar-refractivity contribution in [2.75, 3.05) is 12.0 Å². The first-order valence-electron chi connectivity index (χ1n) is 7.25. The Kier molecular flexibility index (Phi) is 4.87. The summed E-state index contributed by atoms with van der Waals surface area (Å²) in [5.74, 6) is -0.593. The Morgan fingerprint density at radius 1 is 1.24 bits per heavy atom. The minimum atomic E-state index is -1.05. The molecule has 0 radical (unpaired) electrons. The van der Waals surface area contributed by atoms with Gasteiger partial charge in [0.25, 0.3) is 5.91 Å². The maximum atomic E-state index is 12.7. The van der Waals surface area contributed by atoms with E-state index in [1.165, 1.54) is 28.8 Å². The number of anilines is 1. The summed E-state index contributed by atoms with van der Waals surface area (Å²) in [6.07, 6.45) is 1.75. The molecule has 1 saturated heterocycles. The highest BCUT2D eigenvalue weighted by molar-refractivity contribution is 8.27. The zero-order chi connectivity index (χ0) is 18.0. The molecule has 0 spiro atoms. The number of carboxylic acids is 1. The standard InChI is InChI=1S/C18H13NO4S2/c1-23-14-7-5-11(6-8-14)9-15-16(20)19(18(24)25-15)13-4-2-3-12(10-13)17(21)22/h2-10H,1H3,(H,21,22)/b15-9-. The van der Waals surface area contributed by atoms with Crippen molar-refractivity contribution in [2.24, 2.45) is 0 Å². The van der Waals surface area contributed by atoms with Crippen LogP contribution in [0, 0.1) is 0 Å². The summed E-state index contributed by atoms with van der Waals surface area (Å²) >= 11 is 6.49. The van der Waals surface area contributed by atoms with E-state index in [0.29, 0.717) is 14.9 Å². The van der Waals surface area contributed by atoms with Gasteiger partial charge in [-0.25, -0.2) is 4.79 Å². The Balaban J connectivity index is 1.90. The molecule has 0 aromatic heterocycles. The molecule has 25 heavy (non-hydrogen) atoms. The van der Waals surface area contributed by atoms with E-state index in [4.69, 9.17) is 22.1 Å². The van der Waals surface area contributed by atoms with E-state index < -0.39 is 5.97 Å². The van der Waals surface area contributed by atoms with Crippen molar-refractivity contribution in [3.63, 3.8) is 0 Å². The fourth-order valence-corrected chi connectivity index (χ4v) is 3.62. The number of aromatic carboxylic acids is 1. The van der Waals surface area contributed by atoms with Crippen molar-refractivity contribution in [3.8, 4) is 5.75 Å². The summed E-state index contributed by atoms with van der Waals surface area (Å²) in [6, 6.07) is 13.5. The molecule has 1 amide bonds. The second-order valence-electron chi connectivity index (χ2n) is 5.15. The number of carboxylic acid groups (broad SMARTS) is 1. The number of ether oxygens (including phenoxy) is 1. The molecule has 0 unspecified atom stereocenters. The predicted molar refractivity (Wildman–Crippen MR) is 102 cm³/mol. The van der Waals surface area contributed by atoms with Gasteiger partial charge in [-0.3, -0.25) is 9.69 Å². The van der Waals surface area contributed by atoms with Gasteiger partial charge >= 0.3 is 5.97 Å². The highest BCUT2D eigenvalue weighted by Crippen LogP contribution is 2.36. The van der Waals surface area contributed by atoms with Gasteiger partial charge in [0.05, 0.1) is 23.3 Å². The van der Waals surface area contributed by atoms with E-state index >= 15 is 0 Å². The van der Waals surface area contributed by atoms with Crippen LogP contribution in [0.4, 0.5) is 5.69 Å². The number of rotatable bonds is 4. The number of nitrogens with zero attached hydrogens (tertiary/aromatic N) is 1. The summed E-state index contributed by atoms with van der Waals surface area (Å²) in [5, 5.41) is 9.11. The molecule has 5 nitrogen and oxygen atoms in total. The number of thiocarbonyl (C=S) groups is 1. The Morgan fingerprint density at radius 2 is 1.96 bits per heavy atom. The second kappa shape index (κ2) is 7.08. The van der Waals surface area contributed by atoms with Gasteiger partial charge in [-0.15, -0.1) is 0 Å². The van der Waals surface area contributed by atoms with Gasteiger partial charge in [0.1, 0.15) is 5.75 Å². The minimum absolute atomic E-state index is 0.102. The third-order valence-corrected chi connectivity index (χ3v) is 4.86. The summed E-state index contributed by atoms with van der Waals surface area (Å²) < 4.78 is 5.48. The Morgan fingerprint density at radius 3 is 2.60 bits per heavy atom. The predicted octanol–water partition coefficient (Wildman–Crippen LogP) is 3.80. The Bertz CT molecular complexity index is 890. The number of carbonyl (C=O) groups is 2. The van der Waals surface area contributed by atoms with Crippen molar-refractivity contribution in [1.29, 1.82) is 0 Å². The largest absolute Gasteiger partial charge is 0.497 e. The van der Waals surface area contributed by atoms with Crippen LogP contribution in [0.3, 0.4) is 0 Å². The summed E-state index contributed by atoms with van der Waals surface area (Å²) in [7, 11) is 1.59. The van der Waals surface area contributed by atoms with Crippen LogP contribution in [0.5, 0.6) is 5.75 Å². The number of thioether (sulfide) groups is 1. The van der Waals surface area contributed by atoms with Crippen LogP contribution in [0.15, 0.2) is 53.4 Å². The number of methoxy groups -OCH3 is 1. The zero-order valence-corrected chi connectivity index (χ0v) is 14.8. The van der Waals surface area contributed by atoms with Crippen LogP contribution in [0.25, 0.3) is 6.08 Å². The molecule has 2 aromatic carbocycles. The molecule has 0 bridgehead atoms. The number of carbonyl (C=O) groups excluding carboxylic acids is 1. The van der Waals surface area contributed by atoms with E-state index in [0.717, 1.165) is 11.3 Å². The third-order valence-electron chi connectivity index (χ3n) is 3.56. The van der Waals surface area contributed by atoms with Crippen LogP contribution < -0.4 is 9.64 Å². The lowest BCUT2D eigenvalue weighted by atomic mass is 10.2. The lowest BCUT2D eigenvalue weighted by molar-refractivity contribution is -0.113. The summed E-state index contributed by atoms with van der Waals surface area (Å²) in [5.41, 5.74) is 1.40. The molecular formula is C18H13NO4S2. The van der Waals surface area contributed by atoms with Gasteiger partial charge in [-0.2, -0.15) is 0 Å². The molecule has 3 rings (SSSR count). The molecule has 1 aliphatic heterocycles. The third kappa shape index (κ3) is 3.57. The zero-order valence-electron chi connectivity index (χ0n) is 13.1. The van der Waals surface area contributed by atoms with E-state index in [2.05, 4.69) is 0 Å². The normalized spacial score (nSPS) is 15.7. The maximum absolute atomic E-state index is 12.7. The van der Waals surface area contributed by atoms with Crippen LogP contribution in [-0.2, 0) is 4.79 Å². The fourth-order valence-electron chi connectivity index (χ4n) is 2.32. The molecule has 1 aliphatic rings. The topological polar surface area (TPSA) is 66.8 Å². The van der Waals surface area contributed by atoms with E-state index in [1.807, 2.05) is 24.3 Å². The highest BCUT2D eigenvalue weighted by Gasteiger charge is 2.33. The second-order valence-corrected chi connectivity index (χ2v) is 6.82. The average molecular weight is 371 g/mol. The molecule has 0 saturated carbocycles. The quantitative estimate of drug-likeness (QED) is 0.651. The first-order valence-corrected chi connectivity index (χ1v) is 8.47. The molecule has 2 aromatic rings. The molecular weight excluding hydrogens is 358 g/mol. The highest BCUT2D eigenvalue weighted by atomic mass is 32.2. The average Bonchev–Trinajstić information content (AvgIpc) is 2.89. The van der Waals surface area contributed by atoms with Crippen molar-refractivity contribution in [2.45, 2.75) is 0 Å². The van der Waals surface area contributed by atoms with Gasteiger partial charge in [0, 0.05) is 0 Å². The van der Waals surface area contributed by atoms with Gasteiger partial charge in [-0.05, 0) is 42.0 Å². The summed E-state index contributed by atoms with van der Waals surface area (Å²) in [6.45, 7) is 0. The van der Waals surface area contributed by atoms with Gasteiger partial charge in [0.15, 0.2) is 4.32 Å². The van der Waals surface area contributed by atoms with E-state index in [-0.39, 0.29) is 11.5 Å². The van der Waals surface area contributed by atoms with Crippen LogP contribution in [-0.4, -0.2) is 28.4 Å². The molecule has 0 atom stereocenters. The van der Waals surface area contributed by atoms with Gasteiger partial charge < -0.3 is 9.84 Å². The van der Waals surface area contributed by atoms with Crippen LogP contribution >= 0.6 is 24.0 Å². The molecule has 0 aliphatic carbocycles. The van der Waals surface area contributed by atoms with Crippen molar-refractivity contribution in [1.82, 2.24) is 0 Å². The molecule has 126 valence electrons. The Hall–Kier alpha value is -2.64. The number of amides is 1. The van der Waals surface area contributed by atoms with Crippen molar-refractivity contribution in [3.05, 3.63) is 64.6 Å².